The van der Waals surface area contributed by atoms with Gasteiger partial charge in [0.25, 0.3) is 0 Å². The van der Waals surface area contributed by atoms with Crippen LogP contribution in [0.1, 0.15) is 44.6 Å². The standard InChI is InChI=1S/C15H22FNO3S/c1-2-11-3-6-13(7-4-11)17-21(19,20)15-9-12(10-18)5-8-14(15)16/h5,8-9,11,13,17-18H,2-4,6-7,10H2,1H3. The number of rotatable bonds is 5. The molecule has 0 atom stereocenters. The topological polar surface area (TPSA) is 66.4 Å². The summed E-state index contributed by atoms with van der Waals surface area (Å²) in [6.45, 7) is 1.83. The Morgan fingerprint density at radius 1 is 1.29 bits per heavy atom. The Labute approximate surface area is 125 Å². The van der Waals surface area contributed by atoms with Crippen LogP contribution in [0.5, 0.6) is 0 Å². The molecule has 6 heteroatoms. The van der Waals surface area contributed by atoms with Crippen molar-refractivity contribution in [1.29, 1.82) is 0 Å². The number of aliphatic hydroxyl groups is 1. The highest BCUT2D eigenvalue weighted by Gasteiger charge is 2.27. The van der Waals surface area contributed by atoms with Gasteiger partial charge in [0.15, 0.2) is 0 Å². The van der Waals surface area contributed by atoms with Gasteiger partial charge in [-0.05, 0) is 49.3 Å². The summed E-state index contributed by atoms with van der Waals surface area (Å²) in [6, 6.07) is 3.51. The van der Waals surface area contributed by atoms with Gasteiger partial charge in [-0.2, -0.15) is 0 Å². The lowest BCUT2D eigenvalue weighted by molar-refractivity contribution is 0.281. The van der Waals surface area contributed by atoms with Crippen LogP contribution in [-0.4, -0.2) is 19.6 Å². The maximum atomic E-state index is 13.8. The molecule has 0 amide bonds. The summed E-state index contributed by atoms with van der Waals surface area (Å²) in [5.41, 5.74) is 0.381. The molecule has 0 heterocycles. The molecule has 0 bridgehead atoms. The van der Waals surface area contributed by atoms with Crippen molar-refractivity contribution in [3.05, 3.63) is 29.6 Å². The van der Waals surface area contributed by atoms with Gasteiger partial charge in [-0.1, -0.05) is 19.4 Å². The molecule has 1 aliphatic rings. The summed E-state index contributed by atoms with van der Waals surface area (Å²) < 4.78 is 41.0. The zero-order chi connectivity index (χ0) is 15.5. The second kappa shape index (κ2) is 6.85. The van der Waals surface area contributed by atoms with Crippen LogP contribution in [0.2, 0.25) is 0 Å². The van der Waals surface area contributed by atoms with E-state index in [1.54, 1.807) is 0 Å². The third kappa shape index (κ3) is 4.02. The van der Waals surface area contributed by atoms with Gasteiger partial charge in [-0.3, -0.25) is 0 Å². The van der Waals surface area contributed by atoms with Crippen molar-refractivity contribution in [3.63, 3.8) is 0 Å². The molecule has 0 spiro atoms. The van der Waals surface area contributed by atoms with Crippen molar-refractivity contribution in [2.24, 2.45) is 5.92 Å². The van der Waals surface area contributed by atoms with Crippen LogP contribution in [0, 0.1) is 11.7 Å². The molecule has 1 aromatic carbocycles. The molecule has 0 aromatic heterocycles. The van der Waals surface area contributed by atoms with E-state index in [9.17, 15) is 12.8 Å². The number of hydrogen-bond donors (Lipinski definition) is 2. The quantitative estimate of drug-likeness (QED) is 0.877. The summed E-state index contributed by atoms with van der Waals surface area (Å²) in [5, 5.41) is 9.06. The number of halogens is 1. The predicted octanol–water partition coefficient (Wildman–Crippen LogP) is 2.57. The largest absolute Gasteiger partial charge is 0.392 e. The Morgan fingerprint density at radius 3 is 2.52 bits per heavy atom. The fourth-order valence-corrected chi connectivity index (χ4v) is 4.26. The van der Waals surface area contributed by atoms with Crippen LogP contribution in [0.4, 0.5) is 4.39 Å². The first kappa shape index (κ1) is 16.4. The second-order valence-corrected chi connectivity index (χ2v) is 7.35. The van der Waals surface area contributed by atoms with Crippen LogP contribution < -0.4 is 4.72 Å². The van der Waals surface area contributed by atoms with Gasteiger partial charge < -0.3 is 5.11 Å². The van der Waals surface area contributed by atoms with Gasteiger partial charge in [-0.25, -0.2) is 17.5 Å². The normalized spacial score (nSPS) is 23.2. The van der Waals surface area contributed by atoms with Crippen molar-refractivity contribution in [3.8, 4) is 0 Å². The van der Waals surface area contributed by atoms with Crippen molar-refractivity contribution >= 4 is 10.0 Å². The summed E-state index contributed by atoms with van der Waals surface area (Å²) in [6.07, 6.45) is 4.70. The maximum Gasteiger partial charge on any atom is 0.243 e. The van der Waals surface area contributed by atoms with E-state index in [0.717, 1.165) is 38.2 Å². The van der Waals surface area contributed by atoms with Crippen LogP contribution in [0.15, 0.2) is 23.1 Å². The Balaban J connectivity index is 2.12. The minimum Gasteiger partial charge on any atom is -0.392 e. The van der Waals surface area contributed by atoms with Gasteiger partial charge in [0, 0.05) is 6.04 Å². The molecule has 2 rings (SSSR count). The third-order valence-corrected chi connectivity index (χ3v) is 5.75. The van der Waals surface area contributed by atoms with E-state index in [4.69, 9.17) is 5.11 Å². The minimum atomic E-state index is -3.88. The summed E-state index contributed by atoms with van der Waals surface area (Å²) in [5.74, 6) is -0.123. The smallest absolute Gasteiger partial charge is 0.243 e. The number of hydrogen-bond acceptors (Lipinski definition) is 3. The molecule has 1 aliphatic carbocycles. The molecule has 1 saturated carbocycles. The van der Waals surface area contributed by atoms with Gasteiger partial charge in [0.1, 0.15) is 10.7 Å². The molecule has 1 fully saturated rings. The number of benzene rings is 1. The molecule has 1 aromatic rings. The molecule has 0 radical (unpaired) electrons. The number of nitrogens with one attached hydrogen (secondary N) is 1. The highest BCUT2D eigenvalue weighted by Crippen LogP contribution is 2.27. The van der Waals surface area contributed by atoms with Crippen molar-refractivity contribution in [2.75, 3.05) is 0 Å². The van der Waals surface area contributed by atoms with Gasteiger partial charge in [0.2, 0.25) is 10.0 Å². The highest BCUT2D eigenvalue weighted by atomic mass is 32.2. The van der Waals surface area contributed by atoms with E-state index >= 15 is 0 Å². The van der Waals surface area contributed by atoms with Gasteiger partial charge >= 0.3 is 0 Å². The lowest BCUT2D eigenvalue weighted by atomic mass is 9.85. The molecule has 21 heavy (non-hydrogen) atoms. The molecule has 0 unspecified atom stereocenters. The summed E-state index contributed by atoms with van der Waals surface area (Å²) in [7, 11) is -3.88. The number of aliphatic hydroxyl groups excluding tert-OH is 1. The lowest BCUT2D eigenvalue weighted by Crippen LogP contribution is -2.37. The van der Waals surface area contributed by atoms with Crippen LogP contribution in [0.3, 0.4) is 0 Å². The van der Waals surface area contributed by atoms with E-state index < -0.39 is 15.8 Å². The molecule has 0 saturated heterocycles. The van der Waals surface area contributed by atoms with E-state index in [1.165, 1.54) is 12.1 Å². The van der Waals surface area contributed by atoms with E-state index in [0.29, 0.717) is 11.5 Å². The predicted molar refractivity (Wildman–Crippen MR) is 78.7 cm³/mol. The van der Waals surface area contributed by atoms with Crippen molar-refractivity contribution in [1.82, 2.24) is 4.72 Å². The van der Waals surface area contributed by atoms with Gasteiger partial charge in [-0.15, -0.1) is 0 Å². The Hall–Kier alpha value is -0.980. The van der Waals surface area contributed by atoms with Crippen LogP contribution in [0.25, 0.3) is 0 Å². The summed E-state index contributed by atoms with van der Waals surface area (Å²) >= 11 is 0. The first-order valence-corrected chi connectivity index (χ1v) is 8.86. The zero-order valence-corrected chi connectivity index (χ0v) is 13.0. The van der Waals surface area contributed by atoms with Crippen LogP contribution in [-0.2, 0) is 16.6 Å². The average Bonchev–Trinajstić information content (AvgIpc) is 2.48. The first-order chi connectivity index (χ1) is 9.96. The van der Waals surface area contributed by atoms with Gasteiger partial charge in [0.05, 0.1) is 6.61 Å². The highest BCUT2D eigenvalue weighted by molar-refractivity contribution is 7.89. The average molecular weight is 315 g/mol. The first-order valence-electron chi connectivity index (χ1n) is 7.38. The third-order valence-electron chi connectivity index (χ3n) is 4.21. The SMILES string of the molecule is CCC1CCC(NS(=O)(=O)c2cc(CO)ccc2F)CC1. The lowest BCUT2D eigenvalue weighted by Gasteiger charge is -2.28. The second-order valence-electron chi connectivity index (χ2n) is 5.67. The summed E-state index contributed by atoms with van der Waals surface area (Å²) in [4.78, 5) is -0.383. The van der Waals surface area contributed by atoms with E-state index in [1.807, 2.05) is 0 Å². The molecular formula is C15H22FNO3S. The maximum absolute atomic E-state index is 13.8. The minimum absolute atomic E-state index is 0.130. The Morgan fingerprint density at radius 2 is 1.95 bits per heavy atom. The fourth-order valence-electron chi connectivity index (χ4n) is 2.82. The fraction of sp³-hybridized carbons (Fsp3) is 0.600. The molecule has 0 aliphatic heterocycles. The van der Waals surface area contributed by atoms with Crippen molar-refractivity contribution in [2.45, 2.75) is 56.6 Å². The van der Waals surface area contributed by atoms with E-state index in [-0.39, 0.29) is 17.5 Å². The molecular weight excluding hydrogens is 293 g/mol. The van der Waals surface area contributed by atoms with E-state index in [2.05, 4.69) is 11.6 Å². The monoisotopic (exact) mass is 315 g/mol. The Kier molecular flexibility index (Phi) is 5.35. The molecule has 2 N–H and O–H groups in total. The molecule has 118 valence electrons. The molecule has 4 nitrogen and oxygen atoms in total. The Bertz CT molecular complexity index is 581. The number of sulfonamides is 1. The zero-order valence-electron chi connectivity index (χ0n) is 12.2. The van der Waals surface area contributed by atoms with Crippen LogP contribution >= 0.6 is 0 Å². The van der Waals surface area contributed by atoms with Crippen molar-refractivity contribution < 1.29 is 17.9 Å².